The van der Waals surface area contributed by atoms with E-state index in [-0.39, 0.29) is 6.61 Å². The summed E-state index contributed by atoms with van der Waals surface area (Å²) in [6, 6.07) is 13.6. The first kappa shape index (κ1) is 19.6. The third-order valence-corrected chi connectivity index (χ3v) is 5.12. The lowest BCUT2D eigenvalue weighted by molar-refractivity contribution is 0.206. The van der Waals surface area contributed by atoms with Crippen molar-refractivity contribution < 1.29 is 5.11 Å². The van der Waals surface area contributed by atoms with Crippen LogP contribution in [-0.4, -0.2) is 11.7 Å². The van der Waals surface area contributed by atoms with Crippen LogP contribution in [0.15, 0.2) is 42.5 Å². The number of benzene rings is 2. The zero-order valence-electron chi connectivity index (χ0n) is 13.6. The van der Waals surface area contributed by atoms with Gasteiger partial charge in [-0.25, -0.2) is 0 Å². The van der Waals surface area contributed by atoms with Gasteiger partial charge in [0.25, 0.3) is 0 Å². The topological polar surface area (TPSA) is 20.2 Å². The Kier molecular flexibility index (Phi) is 8.41. The van der Waals surface area contributed by atoms with Gasteiger partial charge in [0.05, 0.1) is 0 Å². The average molecular weight is 386 g/mol. The molecule has 0 heterocycles. The first-order chi connectivity index (χ1) is 11.6. The fourth-order valence-electron chi connectivity index (χ4n) is 2.92. The summed E-state index contributed by atoms with van der Waals surface area (Å²) >= 11 is 18.1. The summed E-state index contributed by atoms with van der Waals surface area (Å²) in [6.45, 7) is 0.240. The largest absolute Gasteiger partial charge is 0.396 e. The molecule has 130 valence electrons. The molecule has 0 aliphatic heterocycles. The molecule has 4 heteroatoms. The van der Waals surface area contributed by atoms with Crippen LogP contribution < -0.4 is 0 Å². The lowest BCUT2D eigenvalue weighted by Crippen LogP contribution is -2.07. The second-order valence-corrected chi connectivity index (χ2v) is 7.48. The second-order valence-electron chi connectivity index (χ2n) is 6.20. The van der Waals surface area contributed by atoms with Gasteiger partial charge in [-0.05, 0) is 79.8 Å². The van der Waals surface area contributed by atoms with Crippen LogP contribution in [0, 0.1) is 5.92 Å². The van der Waals surface area contributed by atoms with E-state index in [2.05, 4.69) is 6.07 Å². The molecule has 0 aromatic heterocycles. The van der Waals surface area contributed by atoms with Gasteiger partial charge in [0.1, 0.15) is 0 Å². The zero-order valence-corrected chi connectivity index (χ0v) is 15.9. The highest BCUT2D eigenvalue weighted by atomic mass is 35.5. The minimum Gasteiger partial charge on any atom is -0.396 e. The third kappa shape index (κ3) is 6.64. The number of hydrogen-bond donors (Lipinski definition) is 1. The Bertz CT molecular complexity index is 643. The fraction of sp³-hybridized carbons (Fsp3) is 0.400. The Morgan fingerprint density at radius 1 is 0.833 bits per heavy atom. The molecule has 1 atom stereocenters. The van der Waals surface area contributed by atoms with Crippen molar-refractivity contribution in [3.05, 3.63) is 68.7 Å². The maximum atomic E-state index is 9.59. The molecular weight excluding hydrogens is 363 g/mol. The van der Waals surface area contributed by atoms with Crippen molar-refractivity contribution >= 4 is 34.8 Å². The van der Waals surface area contributed by atoms with Crippen molar-refractivity contribution in [1.82, 2.24) is 0 Å². The number of aliphatic hydroxyl groups is 1. The van der Waals surface area contributed by atoms with Crippen LogP contribution in [0.1, 0.15) is 36.8 Å². The molecule has 24 heavy (non-hydrogen) atoms. The number of halogens is 3. The van der Waals surface area contributed by atoms with Crippen molar-refractivity contribution in [3.8, 4) is 0 Å². The molecule has 1 nitrogen and oxygen atoms in total. The molecule has 2 rings (SSSR count). The minimum absolute atomic E-state index is 0.240. The predicted octanol–water partition coefficient (Wildman–Crippen LogP) is 6.60. The van der Waals surface area contributed by atoms with Crippen LogP contribution in [-0.2, 0) is 12.8 Å². The standard InChI is InChI=1S/C20H23Cl3O/c21-18-9-3-5-15(12-18)4-1-6-16(14-24)7-2-8-17-10-11-19(22)13-20(17)23/h3,5,9-13,16,24H,1-2,4,6-8,14H2. The molecule has 2 aromatic carbocycles. The maximum Gasteiger partial charge on any atom is 0.0459 e. The van der Waals surface area contributed by atoms with Gasteiger partial charge >= 0.3 is 0 Å². The normalized spacial score (nSPS) is 12.3. The highest BCUT2D eigenvalue weighted by Gasteiger charge is 2.09. The van der Waals surface area contributed by atoms with Gasteiger partial charge in [-0.3, -0.25) is 0 Å². The van der Waals surface area contributed by atoms with Crippen molar-refractivity contribution in [2.24, 2.45) is 5.92 Å². The van der Waals surface area contributed by atoms with Crippen molar-refractivity contribution in [3.63, 3.8) is 0 Å². The van der Waals surface area contributed by atoms with E-state index in [0.29, 0.717) is 10.9 Å². The van der Waals surface area contributed by atoms with Gasteiger partial charge in [0.15, 0.2) is 0 Å². The van der Waals surface area contributed by atoms with E-state index in [1.807, 2.05) is 30.3 Å². The van der Waals surface area contributed by atoms with Crippen LogP contribution in [0.5, 0.6) is 0 Å². The van der Waals surface area contributed by atoms with Gasteiger partial charge in [0.2, 0.25) is 0 Å². The molecule has 0 spiro atoms. The summed E-state index contributed by atoms with van der Waals surface area (Å²) in [4.78, 5) is 0. The van der Waals surface area contributed by atoms with Crippen LogP contribution in [0.2, 0.25) is 15.1 Å². The van der Waals surface area contributed by atoms with Crippen molar-refractivity contribution in [2.45, 2.75) is 38.5 Å². The van der Waals surface area contributed by atoms with Gasteiger partial charge in [-0.1, -0.05) is 53.0 Å². The van der Waals surface area contributed by atoms with E-state index >= 15 is 0 Å². The van der Waals surface area contributed by atoms with Gasteiger partial charge < -0.3 is 5.11 Å². The summed E-state index contributed by atoms with van der Waals surface area (Å²) in [5.74, 6) is 0.343. The highest BCUT2D eigenvalue weighted by molar-refractivity contribution is 6.35. The molecule has 0 aliphatic rings. The molecule has 1 unspecified atom stereocenters. The van der Waals surface area contributed by atoms with Crippen LogP contribution >= 0.6 is 34.8 Å². The molecule has 0 saturated heterocycles. The SMILES string of the molecule is OCC(CCCc1cccc(Cl)c1)CCCc1ccc(Cl)cc1Cl. The lowest BCUT2D eigenvalue weighted by Gasteiger charge is -2.14. The van der Waals surface area contributed by atoms with E-state index in [0.717, 1.165) is 54.1 Å². The molecule has 0 amide bonds. The molecule has 2 aromatic rings. The Labute approximate surface area is 159 Å². The third-order valence-electron chi connectivity index (χ3n) is 4.30. The van der Waals surface area contributed by atoms with E-state index in [1.165, 1.54) is 5.56 Å². The Morgan fingerprint density at radius 2 is 1.54 bits per heavy atom. The molecule has 0 saturated carbocycles. The highest BCUT2D eigenvalue weighted by Crippen LogP contribution is 2.24. The van der Waals surface area contributed by atoms with E-state index in [1.54, 1.807) is 6.07 Å². The van der Waals surface area contributed by atoms with Gasteiger partial charge in [0, 0.05) is 21.7 Å². The molecule has 0 fully saturated rings. The first-order valence-corrected chi connectivity index (χ1v) is 9.51. The predicted molar refractivity (Wildman–Crippen MR) is 104 cm³/mol. The molecule has 1 N–H and O–H groups in total. The maximum absolute atomic E-state index is 9.59. The molecule has 0 radical (unpaired) electrons. The Morgan fingerprint density at radius 3 is 2.21 bits per heavy atom. The van der Waals surface area contributed by atoms with Crippen LogP contribution in [0.25, 0.3) is 0 Å². The van der Waals surface area contributed by atoms with Crippen LogP contribution in [0.4, 0.5) is 0 Å². The summed E-state index contributed by atoms with van der Waals surface area (Å²) in [6.07, 6.45) is 6.03. The smallest absolute Gasteiger partial charge is 0.0459 e. The lowest BCUT2D eigenvalue weighted by atomic mass is 9.94. The van der Waals surface area contributed by atoms with Gasteiger partial charge in [-0.2, -0.15) is 0 Å². The second kappa shape index (κ2) is 10.3. The van der Waals surface area contributed by atoms with E-state index < -0.39 is 0 Å². The molecule has 0 bridgehead atoms. The Hall–Kier alpha value is -0.730. The number of aliphatic hydroxyl groups excluding tert-OH is 1. The Balaban J connectivity index is 1.72. The first-order valence-electron chi connectivity index (χ1n) is 8.37. The number of rotatable bonds is 9. The monoisotopic (exact) mass is 384 g/mol. The van der Waals surface area contributed by atoms with E-state index in [4.69, 9.17) is 34.8 Å². The summed E-state index contributed by atoms with van der Waals surface area (Å²) in [5, 5.41) is 11.8. The zero-order chi connectivity index (χ0) is 17.4. The molecule has 0 aliphatic carbocycles. The average Bonchev–Trinajstić information content (AvgIpc) is 2.55. The summed E-state index contributed by atoms with van der Waals surface area (Å²) in [7, 11) is 0. The number of hydrogen-bond acceptors (Lipinski definition) is 1. The quantitative estimate of drug-likeness (QED) is 0.515. The van der Waals surface area contributed by atoms with Crippen LogP contribution in [0.3, 0.4) is 0 Å². The van der Waals surface area contributed by atoms with Gasteiger partial charge in [-0.15, -0.1) is 0 Å². The number of aryl methyl sites for hydroxylation is 2. The van der Waals surface area contributed by atoms with Crippen molar-refractivity contribution in [2.75, 3.05) is 6.61 Å². The van der Waals surface area contributed by atoms with Crippen molar-refractivity contribution in [1.29, 1.82) is 0 Å². The summed E-state index contributed by atoms with van der Waals surface area (Å²) in [5.41, 5.74) is 2.38. The van der Waals surface area contributed by atoms with E-state index in [9.17, 15) is 5.11 Å². The molecular formula is C20H23Cl3O. The summed E-state index contributed by atoms with van der Waals surface area (Å²) < 4.78 is 0. The fourth-order valence-corrected chi connectivity index (χ4v) is 3.64. The minimum atomic E-state index is 0.240.